The highest BCUT2D eigenvalue weighted by Crippen LogP contribution is 1.76. The van der Waals surface area contributed by atoms with Crippen LogP contribution in [0.2, 0.25) is 0 Å². The summed E-state index contributed by atoms with van der Waals surface area (Å²) in [5.41, 5.74) is 0. The van der Waals surface area contributed by atoms with Gasteiger partial charge >= 0.3 is 11.9 Å². The van der Waals surface area contributed by atoms with Gasteiger partial charge in [-0.2, -0.15) is 5.26 Å². The quantitative estimate of drug-likeness (QED) is 0.322. The molecule has 0 saturated carbocycles. The number of esters is 1. The Morgan fingerprint density at radius 2 is 2.27 bits per heavy atom. The van der Waals surface area contributed by atoms with Crippen LogP contribution >= 0.6 is 0 Å². The van der Waals surface area contributed by atoms with E-state index in [4.69, 9.17) is 5.26 Å². The van der Waals surface area contributed by atoms with E-state index in [0.717, 1.165) is 0 Å². The zero-order chi connectivity index (χ0) is 8.69. The lowest BCUT2D eigenvalue weighted by Crippen LogP contribution is -2.32. The molecule has 0 rings (SSSR count). The fraction of sp³-hybridized carbons (Fsp3) is 0.500. The average molecular weight is 156 g/mol. The molecule has 0 aromatic carbocycles. The Bertz CT molecular complexity index is 194. The Kier molecular flexibility index (Phi) is 4.49. The molecule has 0 heterocycles. The van der Waals surface area contributed by atoms with Gasteiger partial charge < -0.3 is 10.1 Å². The molecule has 0 radical (unpaired) electrons. The molecule has 1 N–H and O–H groups in total. The molecule has 5 heteroatoms. The van der Waals surface area contributed by atoms with Crippen LogP contribution in [0.3, 0.4) is 0 Å². The molecule has 60 valence electrons. The van der Waals surface area contributed by atoms with Crippen LogP contribution in [-0.4, -0.2) is 25.0 Å². The van der Waals surface area contributed by atoms with E-state index >= 15 is 0 Å². The first-order valence-electron chi connectivity index (χ1n) is 3.04. The van der Waals surface area contributed by atoms with Crippen molar-refractivity contribution in [1.82, 2.24) is 5.32 Å². The third-order valence-electron chi connectivity index (χ3n) is 0.789. The number of amides is 1. The van der Waals surface area contributed by atoms with Gasteiger partial charge in [-0.1, -0.05) is 0 Å². The van der Waals surface area contributed by atoms with Crippen molar-refractivity contribution in [2.75, 3.05) is 13.2 Å². The highest BCUT2D eigenvalue weighted by Gasteiger charge is 2.12. The monoisotopic (exact) mass is 156 g/mol. The molecule has 0 aliphatic carbocycles. The topological polar surface area (TPSA) is 79.2 Å². The second kappa shape index (κ2) is 5.23. The minimum atomic E-state index is -0.956. The van der Waals surface area contributed by atoms with E-state index in [9.17, 15) is 9.59 Å². The van der Waals surface area contributed by atoms with E-state index in [1.54, 1.807) is 13.0 Å². The SMILES string of the molecule is CCOC(=O)C(=O)NCC#N. The van der Waals surface area contributed by atoms with E-state index < -0.39 is 11.9 Å². The summed E-state index contributed by atoms with van der Waals surface area (Å²) >= 11 is 0. The van der Waals surface area contributed by atoms with Crippen molar-refractivity contribution in [3.8, 4) is 6.07 Å². The minimum absolute atomic E-state index is 0.152. The Hall–Kier alpha value is -1.57. The van der Waals surface area contributed by atoms with E-state index in [2.05, 4.69) is 4.74 Å². The number of ether oxygens (including phenoxy) is 1. The Labute approximate surface area is 63.9 Å². The number of nitriles is 1. The second-order valence-electron chi connectivity index (χ2n) is 1.56. The Morgan fingerprint density at radius 3 is 2.73 bits per heavy atom. The molecule has 0 saturated heterocycles. The van der Waals surface area contributed by atoms with Crippen LogP contribution < -0.4 is 5.32 Å². The summed E-state index contributed by atoms with van der Waals surface area (Å²) in [6.07, 6.45) is 0. The van der Waals surface area contributed by atoms with Crippen molar-refractivity contribution in [2.45, 2.75) is 6.92 Å². The molecule has 0 unspecified atom stereocenters. The van der Waals surface area contributed by atoms with Gasteiger partial charge in [-0.15, -0.1) is 0 Å². The lowest BCUT2D eigenvalue weighted by atomic mass is 10.6. The number of hydrogen-bond donors (Lipinski definition) is 1. The Morgan fingerprint density at radius 1 is 1.64 bits per heavy atom. The third-order valence-corrected chi connectivity index (χ3v) is 0.789. The van der Waals surface area contributed by atoms with E-state index in [1.165, 1.54) is 0 Å². The number of carbonyl (C=O) groups is 2. The van der Waals surface area contributed by atoms with Crippen LogP contribution in [0.25, 0.3) is 0 Å². The van der Waals surface area contributed by atoms with Crippen LogP contribution in [0.4, 0.5) is 0 Å². The molecular weight excluding hydrogens is 148 g/mol. The summed E-state index contributed by atoms with van der Waals surface area (Å²) < 4.78 is 4.34. The predicted molar refractivity (Wildman–Crippen MR) is 35.3 cm³/mol. The first kappa shape index (κ1) is 9.43. The molecule has 0 aromatic rings. The van der Waals surface area contributed by atoms with Gasteiger partial charge in [0.05, 0.1) is 12.7 Å². The normalized spacial score (nSPS) is 8.00. The molecule has 1 amide bonds. The van der Waals surface area contributed by atoms with E-state index in [-0.39, 0.29) is 13.2 Å². The van der Waals surface area contributed by atoms with E-state index in [0.29, 0.717) is 0 Å². The van der Waals surface area contributed by atoms with Crippen molar-refractivity contribution >= 4 is 11.9 Å². The van der Waals surface area contributed by atoms with Crippen LogP contribution in [0, 0.1) is 11.3 Å². The van der Waals surface area contributed by atoms with Crippen molar-refractivity contribution in [2.24, 2.45) is 0 Å². The number of rotatable bonds is 2. The van der Waals surface area contributed by atoms with E-state index in [1.807, 2.05) is 5.32 Å². The summed E-state index contributed by atoms with van der Waals surface area (Å²) in [6, 6.07) is 1.66. The predicted octanol–water partition coefficient (Wildman–Crippen LogP) is -0.811. The molecule has 0 aliphatic heterocycles. The van der Waals surface area contributed by atoms with Gasteiger partial charge in [-0.05, 0) is 6.92 Å². The fourth-order valence-corrected chi connectivity index (χ4v) is 0.389. The number of carbonyl (C=O) groups excluding carboxylic acids is 2. The maximum absolute atomic E-state index is 10.6. The minimum Gasteiger partial charge on any atom is -0.459 e. The van der Waals surface area contributed by atoms with Gasteiger partial charge in [0, 0.05) is 0 Å². The molecule has 0 spiro atoms. The average Bonchev–Trinajstić information content (AvgIpc) is 2.00. The first-order chi connectivity index (χ1) is 5.22. The molecular formula is C6H8N2O3. The van der Waals surface area contributed by atoms with Gasteiger partial charge in [0.15, 0.2) is 0 Å². The van der Waals surface area contributed by atoms with Crippen molar-refractivity contribution in [1.29, 1.82) is 5.26 Å². The van der Waals surface area contributed by atoms with Crippen molar-refractivity contribution < 1.29 is 14.3 Å². The van der Waals surface area contributed by atoms with Gasteiger partial charge in [-0.25, -0.2) is 4.79 Å². The highest BCUT2D eigenvalue weighted by atomic mass is 16.5. The Balaban J connectivity index is 3.67. The number of nitrogens with one attached hydrogen (secondary N) is 1. The summed E-state index contributed by atoms with van der Waals surface area (Å²) in [5.74, 6) is -1.84. The van der Waals surface area contributed by atoms with Crippen LogP contribution in [0.5, 0.6) is 0 Å². The van der Waals surface area contributed by atoms with Crippen LogP contribution in [-0.2, 0) is 14.3 Å². The lowest BCUT2D eigenvalue weighted by Gasteiger charge is -1.98. The maximum atomic E-state index is 10.6. The molecule has 0 aliphatic rings. The van der Waals surface area contributed by atoms with Crippen molar-refractivity contribution in [3.05, 3.63) is 0 Å². The van der Waals surface area contributed by atoms with Gasteiger partial charge in [0.2, 0.25) is 0 Å². The third kappa shape index (κ3) is 3.92. The number of hydrogen-bond acceptors (Lipinski definition) is 4. The lowest BCUT2D eigenvalue weighted by molar-refractivity contribution is -0.154. The van der Waals surface area contributed by atoms with Crippen LogP contribution in [0.15, 0.2) is 0 Å². The van der Waals surface area contributed by atoms with Gasteiger partial charge in [0.25, 0.3) is 0 Å². The molecule has 11 heavy (non-hydrogen) atoms. The molecule has 0 fully saturated rings. The largest absolute Gasteiger partial charge is 0.459 e. The first-order valence-corrected chi connectivity index (χ1v) is 3.04. The summed E-state index contributed by atoms with van der Waals surface area (Å²) in [4.78, 5) is 21.1. The zero-order valence-electron chi connectivity index (χ0n) is 6.09. The smallest absolute Gasteiger partial charge is 0.396 e. The fourth-order valence-electron chi connectivity index (χ4n) is 0.389. The summed E-state index contributed by atoms with van der Waals surface area (Å²) in [7, 11) is 0. The van der Waals surface area contributed by atoms with Crippen LogP contribution in [0.1, 0.15) is 6.92 Å². The summed E-state index contributed by atoms with van der Waals surface area (Å²) in [6.45, 7) is 1.56. The van der Waals surface area contributed by atoms with Gasteiger partial charge in [-0.3, -0.25) is 4.79 Å². The number of nitrogens with zero attached hydrogens (tertiary/aromatic N) is 1. The molecule has 5 nitrogen and oxygen atoms in total. The molecule has 0 atom stereocenters. The summed E-state index contributed by atoms with van der Waals surface area (Å²) in [5, 5.41) is 10.1. The second-order valence-corrected chi connectivity index (χ2v) is 1.56. The van der Waals surface area contributed by atoms with Gasteiger partial charge in [0.1, 0.15) is 6.54 Å². The molecule has 0 aromatic heterocycles. The zero-order valence-corrected chi connectivity index (χ0v) is 6.09. The standard InChI is InChI=1S/C6H8N2O3/c1-2-11-6(10)5(9)8-4-3-7/h2,4H2,1H3,(H,8,9). The van der Waals surface area contributed by atoms with Crippen molar-refractivity contribution in [3.63, 3.8) is 0 Å². The highest BCUT2D eigenvalue weighted by molar-refractivity contribution is 6.32. The molecule has 0 bridgehead atoms. The maximum Gasteiger partial charge on any atom is 0.396 e.